The molecule has 0 aromatic heterocycles. The minimum atomic E-state index is 0.852. The molecule has 0 amide bonds. The summed E-state index contributed by atoms with van der Waals surface area (Å²) in [6, 6.07) is 16.2. The van der Waals surface area contributed by atoms with Crippen LogP contribution in [0.3, 0.4) is 0 Å². The van der Waals surface area contributed by atoms with Crippen molar-refractivity contribution >= 4 is 0 Å². The van der Waals surface area contributed by atoms with Crippen molar-refractivity contribution in [3.05, 3.63) is 59.7 Å². The quantitative estimate of drug-likeness (QED) is 0.863. The topological polar surface area (TPSA) is 21.3 Å². The number of hydrogen-bond donors (Lipinski definition) is 1. The highest BCUT2D eigenvalue weighted by Crippen LogP contribution is 2.22. The molecular weight excluding hydrogens is 210 g/mol. The second kappa shape index (κ2) is 5.51. The predicted molar refractivity (Wildman–Crippen MR) is 70.5 cm³/mol. The summed E-state index contributed by atoms with van der Waals surface area (Å²) in [5.74, 6) is 1.76. The van der Waals surface area contributed by atoms with Gasteiger partial charge in [0.15, 0.2) is 0 Å². The highest BCUT2D eigenvalue weighted by molar-refractivity contribution is 5.35. The van der Waals surface area contributed by atoms with E-state index in [1.165, 1.54) is 11.1 Å². The maximum absolute atomic E-state index is 5.82. The lowest BCUT2D eigenvalue weighted by atomic mass is 10.2. The van der Waals surface area contributed by atoms with Crippen LogP contribution >= 0.6 is 0 Å². The average molecular weight is 227 g/mol. The fourth-order valence-electron chi connectivity index (χ4n) is 1.74. The van der Waals surface area contributed by atoms with E-state index >= 15 is 0 Å². The minimum absolute atomic E-state index is 0.852. The van der Waals surface area contributed by atoms with Gasteiger partial charge in [0.2, 0.25) is 0 Å². The second-order valence-electron chi connectivity index (χ2n) is 4.10. The second-order valence-corrected chi connectivity index (χ2v) is 4.10. The third-order valence-electron chi connectivity index (χ3n) is 2.50. The van der Waals surface area contributed by atoms with E-state index in [4.69, 9.17) is 4.74 Å². The molecule has 2 aromatic carbocycles. The molecule has 0 aliphatic rings. The molecule has 88 valence electrons. The maximum atomic E-state index is 5.82. The molecule has 0 saturated carbocycles. The lowest BCUT2D eigenvalue weighted by molar-refractivity contribution is 0.481. The van der Waals surface area contributed by atoms with Crippen molar-refractivity contribution in [3.8, 4) is 11.5 Å². The summed E-state index contributed by atoms with van der Waals surface area (Å²) in [5.41, 5.74) is 2.42. The van der Waals surface area contributed by atoms with Gasteiger partial charge >= 0.3 is 0 Å². The first-order chi connectivity index (χ1) is 8.28. The Morgan fingerprint density at radius 1 is 1.00 bits per heavy atom. The molecule has 0 spiro atoms. The van der Waals surface area contributed by atoms with E-state index in [1.807, 2.05) is 37.4 Å². The molecule has 2 aromatic rings. The molecule has 2 heteroatoms. The van der Waals surface area contributed by atoms with Crippen LogP contribution in [0.25, 0.3) is 0 Å². The molecule has 0 fully saturated rings. The fourth-order valence-corrected chi connectivity index (χ4v) is 1.74. The summed E-state index contributed by atoms with van der Waals surface area (Å²) < 4.78 is 5.82. The van der Waals surface area contributed by atoms with Crippen LogP contribution in [0.5, 0.6) is 11.5 Å². The van der Waals surface area contributed by atoms with Crippen LogP contribution in [-0.2, 0) is 6.54 Å². The molecule has 17 heavy (non-hydrogen) atoms. The number of nitrogens with one attached hydrogen (secondary N) is 1. The van der Waals surface area contributed by atoms with Crippen molar-refractivity contribution in [2.24, 2.45) is 0 Å². The number of aryl methyl sites for hydroxylation is 1. The van der Waals surface area contributed by atoms with Crippen molar-refractivity contribution in [3.63, 3.8) is 0 Å². The van der Waals surface area contributed by atoms with Crippen molar-refractivity contribution < 1.29 is 4.74 Å². The van der Waals surface area contributed by atoms with E-state index in [1.54, 1.807) is 0 Å². The van der Waals surface area contributed by atoms with E-state index in [9.17, 15) is 0 Å². The van der Waals surface area contributed by atoms with Crippen molar-refractivity contribution in [1.82, 2.24) is 5.32 Å². The van der Waals surface area contributed by atoms with Crippen LogP contribution in [0.1, 0.15) is 11.1 Å². The SMILES string of the molecule is CNCc1cccc(Oc2cccc(C)c2)c1. The Labute approximate surface area is 102 Å². The van der Waals surface area contributed by atoms with E-state index < -0.39 is 0 Å². The van der Waals surface area contributed by atoms with Crippen molar-refractivity contribution in [2.45, 2.75) is 13.5 Å². The van der Waals surface area contributed by atoms with Gasteiger partial charge < -0.3 is 10.1 Å². The molecule has 0 saturated heterocycles. The molecule has 0 unspecified atom stereocenters. The minimum Gasteiger partial charge on any atom is -0.457 e. The Morgan fingerprint density at radius 3 is 2.41 bits per heavy atom. The number of ether oxygens (including phenoxy) is 1. The van der Waals surface area contributed by atoms with E-state index in [2.05, 4.69) is 30.4 Å². The molecular formula is C15H17NO. The molecule has 0 atom stereocenters. The molecule has 2 rings (SSSR count). The standard InChI is InChI=1S/C15H17NO/c1-12-5-3-7-14(9-12)17-15-8-4-6-13(10-15)11-16-2/h3-10,16H,11H2,1-2H3. The Kier molecular flexibility index (Phi) is 3.78. The van der Waals surface area contributed by atoms with Gasteiger partial charge in [0.25, 0.3) is 0 Å². The monoisotopic (exact) mass is 227 g/mol. The molecule has 1 N–H and O–H groups in total. The van der Waals surface area contributed by atoms with Crippen molar-refractivity contribution in [1.29, 1.82) is 0 Å². The smallest absolute Gasteiger partial charge is 0.127 e. The van der Waals surface area contributed by atoms with Crippen LogP contribution in [0.2, 0.25) is 0 Å². The molecule has 0 radical (unpaired) electrons. The summed E-state index contributed by atoms with van der Waals surface area (Å²) in [7, 11) is 1.94. The normalized spacial score (nSPS) is 10.2. The van der Waals surface area contributed by atoms with Crippen LogP contribution in [0.15, 0.2) is 48.5 Å². The first-order valence-corrected chi connectivity index (χ1v) is 5.76. The van der Waals surface area contributed by atoms with Crippen LogP contribution < -0.4 is 10.1 Å². The summed E-state index contributed by atoms with van der Waals surface area (Å²) >= 11 is 0. The van der Waals surface area contributed by atoms with Gasteiger partial charge in [-0.05, 0) is 49.4 Å². The largest absolute Gasteiger partial charge is 0.457 e. The predicted octanol–water partition coefficient (Wildman–Crippen LogP) is 3.51. The van der Waals surface area contributed by atoms with Gasteiger partial charge in [-0.1, -0.05) is 24.3 Å². The first-order valence-electron chi connectivity index (χ1n) is 5.76. The number of rotatable bonds is 4. The third-order valence-corrected chi connectivity index (χ3v) is 2.50. The highest BCUT2D eigenvalue weighted by Gasteiger charge is 1.98. The van der Waals surface area contributed by atoms with Gasteiger partial charge in [-0.2, -0.15) is 0 Å². The lowest BCUT2D eigenvalue weighted by Gasteiger charge is -2.08. The summed E-state index contributed by atoms with van der Waals surface area (Å²) in [6.45, 7) is 2.91. The van der Waals surface area contributed by atoms with Gasteiger partial charge in [-0.25, -0.2) is 0 Å². The zero-order chi connectivity index (χ0) is 12.1. The molecule has 0 heterocycles. The molecule has 0 aliphatic carbocycles. The van der Waals surface area contributed by atoms with E-state index in [0.29, 0.717) is 0 Å². The van der Waals surface area contributed by atoms with Gasteiger partial charge in [0.1, 0.15) is 11.5 Å². The van der Waals surface area contributed by atoms with Gasteiger partial charge in [-0.15, -0.1) is 0 Å². The van der Waals surface area contributed by atoms with E-state index in [-0.39, 0.29) is 0 Å². The van der Waals surface area contributed by atoms with E-state index in [0.717, 1.165) is 18.0 Å². The highest BCUT2D eigenvalue weighted by atomic mass is 16.5. The Bertz CT molecular complexity index is 494. The zero-order valence-electron chi connectivity index (χ0n) is 10.2. The maximum Gasteiger partial charge on any atom is 0.127 e. The van der Waals surface area contributed by atoms with Crippen LogP contribution in [-0.4, -0.2) is 7.05 Å². The van der Waals surface area contributed by atoms with Crippen molar-refractivity contribution in [2.75, 3.05) is 7.05 Å². The van der Waals surface area contributed by atoms with Gasteiger partial charge in [0.05, 0.1) is 0 Å². The van der Waals surface area contributed by atoms with Crippen LogP contribution in [0.4, 0.5) is 0 Å². The third kappa shape index (κ3) is 3.33. The number of benzene rings is 2. The summed E-state index contributed by atoms with van der Waals surface area (Å²) in [4.78, 5) is 0. The molecule has 0 aliphatic heterocycles. The Balaban J connectivity index is 2.15. The number of hydrogen-bond acceptors (Lipinski definition) is 2. The molecule has 0 bridgehead atoms. The molecule has 2 nitrogen and oxygen atoms in total. The summed E-state index contributed by atoms with van der Waals surface area (Å²) in [5, 5.41) is 3.13. The first kappa shape index (κ1) is 11.7. The summed E-state index contributed by atoms with van der Waals surface area (Å²) in [6.07, 6.45) is 0. The Hall–Kier alpha value is -1.80. The Morgan fingerprint density at radius 2 is 1.71 bits per heavy atom. The lowest BCUT2D eigenvalue weighted by Crippen LogP contribution is -2.04. The fraction of sp³-hybridized carbons (Fsp3) is 0.200. The zero-order valence-corrected chi connectivity index (χ0v) is 10.2. The van der Waals surface area contributed by atoms with Gasteiger partial charge in [-0.3, -0.25) is 0 Å². The average Bonchev–Trinajstić information content (AvgIpc) is 2.30. The van der Waals surface area contributed by atoms with Crippen LogP contribution in [0, 0.1) is 6.92 Å². The van der Waals surface area contributed by atoms with Gasteiger partial charge in [0, 0.05) is 6.54 Å².